The summed E-state index contributed by atoms with van der Waals surface area (Å²) in [4.78, 5) is 57.6. The molecule has 2 atom stereocenters. The van der Waals surface area contributed by atoms with Crippen LogP contribution in [0.4, 0.5) is 21.0 Å². The van der Waals surface area contributed by atoms with Gasteiger partial charge in [-0.15, -0.1) is 11.3 Å². The SMILES string of the molecule is O=C(O)N1CCCC1N(C(=O)c1ccc(C(=O)N(c2ccccc2)C2CCCN2C(=O)O)s1)c1ccccc1. The number of para-hydroxylation sites is 2. The van der Waals surface area contributed by atoms with Gasteiger partial charge in [0.05, 0.1) is 9.75 Å². The topological polar surface area (TPSA) is 122 Å². The van der Waals surface area contributed by atoms with E-state index in [0.717, 1.165) is 11.3 Å². The fraction of sp³-hybridized carbons (Fsp3) is 0.286. The van der Waals surface area contributed by atoms with Crippen LogP contribution >= 0.6 is 11.3 Å². The van der Waals surface area contributed by atoms with Crippen molar-refractivity contribution in [1.82, 2.24) is 9.80 Å². The lowest BCUT2D eigenvalue weighted by atomic mass is 10.2. The Labute approximate surface area is 229 Å². The molecule has 3 heterocycles. The maximum Gasteiger partial charge on any atom is 0.408 e. The van der Waals surface area contributed by atoms with Gasteiger partial charge >= 0.3 is 12.2 Å². The number of rotatable bonds is 6. The predicted octanol–water partition coefficient (Wildman–Crippen LogP) is 5.24. The highest BCUT2D eigenvalue weighted by atomic mass is 32.1. The summed E-state index contributed by atoms with van der Waals surface area (Å²) in [5, 5.41) is 19.5. The first-order valence-electron chi connectivity index (χ1n) is 12.7. The number of thiophene rings is 1. The number of likely N-dealkylation sites (tertiary alicyclic amines) is 2. The van der Waals surface area contributed by atoms with Crippen LogP contribution in [0.25, 0.3) is 0 Å². The van der Waals surface area contributed by atoms with Crippen molar-refractivity contribution in [3.05, 3.63) is 82.6 Å². The van der Waals surface area contributed by atoms with Gasteiger partial charge in [-0.25, -0.2) is 9.59 Å². The molecular formula is C28H28N4O6S. The van der Waals surface area contributed by atoms with Gasteiger partial charge in [0.1, 0.15) is 12.3 Å². The fourth-order valence-electron chi connectivity index (χ4n) is 5.31. The Morgan fingerprint density at radius 3 is 1.38 bits per heavy atom. The lowest BCUT2D eigenvalue weighted by molar-refractivity contribution is 0.0931. The Kier molecular flexibility index (Phi) is 7.51. The third kappa shape index (κ3) is 5.17. The molecule has 2 aliphatic heterocycles. The van der Waals surface area contributed by atoms with Crippen molar-refractivity contribution < 1.29 is 29.4 Å². The van der Waals surface area contributed by atoms with Crippen LogP contribution in [0.15, 0.2) is 72.8 Å². The lowest BCUT2D eigenvalue weighted by Gasteiger charge is -2.34. The van der Waals surface area contributed by atoms with E-state index < -0.39 is 36.3 Å². The summed E-state index contributed by atoms with van der Waals surface area (Å²) in [5.41, 5.74) is 1.13. The second-order valence-electron chi connectivity index (χ2n) is 9.38. The van der Waals surface area contributed by atoms with Crippen LogP contribution in [0.1, 0.15) is 45.0 Å². The summed E-state index contributed by atoms with van der Waals surface area (Å²) in [7, 11) is 0. The lowest BCUT2D eigenvalue weighted by Crippen LogP contribution is -2.50. The van der Waals surface area contributed by atoms with Crippen LogP contribution in [0.5, 0.6) is 0 Å². The van der Waals surface area contributed by atoms with Gasteiger partial charge in [0, 0.05) is 24.5 Å². The van der Waals surface area contributed by atoms with Gasteiger partial charge in [-0.2, -0.15) is 0 Å². The summed E-state index contributed by atoms with van der Waals surface area (Å²) in [6, 6.07) is 20.9. The second-order valence-corrected chi connectivity index (χ2v) is 10.5. The number of carbonyl (C=O) groups is 4. The van der Waals surface area contributed by atoms with E-state index in [4.69, 9.17) is 0 Å². The Hall–Kier alpha value is -4.38. The van der Waals surface area contributed by atoms with Crippen molar-refractivity contribution in [2.45, 2.75) is 38.0 Å². The smallest absolute Gasteiger partial charge is 0.408 e. The highest BCUT2D eigenvalue weighted by molar-refractivity contribution is 7.16. The zero-order chi connectivity index (χ0) is 27.5. The molecule has 202 valence electrons. The molecule has 39 heavy (non-hydrogen) atoms. The third-order valence-corrected chi connectivity index (χ3v) is 8.12. The van der Waals surface area contributed by atoms with E-state index in [2.05, 4.69) is 0 Å². The van der Waals surface area contributed by atoms with Crippen molar-refractivity contribution in [3.63, 3.8) is 0 Å². The standard InChI is InChI=1S/C28H28N4O6S/c33-25(31(19-9-3-1-4-10-19)23-13-7-17-29(23)27(35)36)21-15-16-22(39-21)26(34)32(20-11-5-2-6-12-20)24-14-8-18-30(24)28(37)38/h1-6,9-12,15-16,23-24H,7-8,13-14,17-18H2,(H,35,36)(H,37,38). The minimum atomic E-state index is -1.09. The minimum Gasteiger partial charge on any atom is -0.465 e. The maximum atomic E-state index is 13.9. The molecule has 0 aliphatic carbocycles. The van der Waals surface area contributed by atoms with E-state index >= 15 is 0 Å². The van der Waals surface area contributed by atoms with Crippen LogP contribution in [0.2, 0.25) is 0 Å². The molecule has 2 aromatic carbocycles. The predicted molar refractivity (Wildman–Crippen MR) is 146 cm³/mol. The quantitative estimate of drug-likeness (QED) is 0.434. The first-order chi connectivity index (χ1) is 18.9. The molecule has 11 heteroatoms. The van der Waals surface area contributed by atoms with E-state index in [1.165, 1.54) is 19.6 Å². The molecule has 4 amide bonds. The summed E-state index contributed by atoms with van der Waals surface area (Å²) >= 11 is 1.02. The number of carbonyl (C=O) groups excluding carboxylic acids is 2. The Morgan fingerprint density at radius 1 is 0.641 bits per heavy atom. The number of anilines is 2. The largest absolute Gasteiger partial charge is 0.465 e. The first-order valence-corrected chi connectivity index (χ1v) is 13.5. The number of hydrogen-bond acceptors (Lipinski definition) is 5. The van der Waals surface area contributed by atoms with Crippen molar-refractivity contribution in [1.29, 1.82) is 0 Å². The number of benzene rings is 2. The maximum absolute atomic E-state index is 13.9. The molecule has 2 unspecified atom stereocenters. The second kappa shape index (κ2) is 11.2. The van der Waals surface area contributed by atoms with Crippen LogP contribution in [-0.4, -0.2) is 69.4 Å². The van der Waals surface area contributed by atoms with E-state index in [1.807, 2.05) is 12.1 Å². The van der Waals surface area contributed by atoms with Crippen molar-refractivity contribution in [3.8, 4) is 0 Å². The van der Waals surface area contributed by atoms with E-state index in [9.17, 15) is 29.4 Å². The highest BCUT2D eigenvalue weighted by Gasteiger charge is 2.39. The van der Waals surface area contributed by atoms with E-state index in [1.54, 1.807) is 60.7 Å². The normalized spacial score (nSPS) is 18.7. The van der Waals surface area contributed by atoms with Crippen molar-refractivity contribution in [2.24, 2.45) is 0 Å². The fourth-order valence-corrected chi connectivity index (χ4v) is 6.19. The van der Waals surface area contributed by atoms with Crippen LogP contribution < -0.4 is 9.80 Å². The molecule has 3 aromatic rings. The Morgan fingerprint density at radius 2 is 1.03 bits per heavy atom. The number of carboxylic acid groups (broad SMARTS) is 2. The first kappa shape index (κ1) is 26.2. The van der Waals surface area contributed by atoms with Gasteiger partial charge in [-0.05, 0) is 62.1 Å². The van der Waals surface area contributed by atoms with Gasteiger partial charge in [-0.3, -0.25) is 29.2 Å². The van der Waals surface area contributed by atoms with Crippen molar-refractivity contribution in [2.75, 3.05) is 22.9 Å². The molecular weight excluding hydrogens is 520 g/mol. The summed E-state index contributed by atoms with van der Waals surface area (Å²) in [6.45, 7) is 0.663. The molecule has 2 saturated heterocycles. The average molecular weight is 549 g/mol. The Bertz CT molecular complexity index is 1260. The summed E-state index contributed by atoms with van der Waals surface area (Å²) < 4.78 is 0. The highest BCUT2D eigenvalue weighted by Crippen LogP contribution is 2.33. The van der Waals surface area contributed by atoms with E-state index in [-0.39, 0.29) is 9.75 Å². The minimum absolute atomic E-state index is 0.286. The molecule has 10 nitrogen and oxygen atoms in total. The number of amides is 4. The monoisotopic (exact) mass is 548 g/mol. The molecule has 2 N–H and O–H groups in total. The van der Waals surface area contributed by atoms with Crippen LogP contribution in [0.3, 0.4) is 0 Å². The Balaban J connectivity index is 1.48. The zero-order valence-electron chi connectivity index (χ0n) is 21.1. The number of hydrogen-bond donors (Lipinski definition) is 2. The van der Waals surface area contributed by atoms with Gasteiger partial charge in [0.15, 0.2) is 0 Å². The van der Waals surface area contributed by atoms with Gasteiger partial charge < -0.3 is 10.2 Å². The molecule has 1 aromatic heterocycles. The molecule has 0 spiro atoms. The molecule has 0 saturated carbocycles. The summed E-state index contributed by atoms with van der Waals surface area (Å²) in [5.74, 6) is -0.801. The van der Waals surface area contributed by atoms with Crippen LogP contribution in [0, 0.1) is 0 Å². The van der Waals surface area contributed by atoms with Gasteiger partial charge in [0.25, 0.3) is 11.8 Å². The molecule has 2 aliphatic rings. The van der Waals surface area contributed by atoms with Crippen molar-refractivity contribution >= 4 is 46.7 Å². The molecule has 2 fully saturated rings. The molecule has 5 rings (SSSR count). The molecule has 0 bridgehead atoms. The molecule has 0 radical (unpaired) electrons. The summed E-state index contributed by atoms with van der Waals surface area (Å²) in [6.07, 6.45) is -1.25. The zero-order valence-corrected chi connectivity index (χ0v) is 21.9. The van der Waals surface area contributed by atoms with Gasteiger partial charge in [-0.1, -0.05) is 36.4 Å². The van der Waals surface area contributed by atoms with Crippen LogP contribution in [-0.2, 0) is 0 Å². The van der Waals surface area contributed by atoms with Gasteiger partial charge in [0.2, 0.25) is 0 Å². The van der Waals surface area contributed by atoms with E-state index in [0.29, 0.717) is 50.1 Å². The number of nitrogens with zero attached hydrogens (tertiary/aromatic N) is 4. The average Bonchev–Trinajstić information content (AvgIpc) is 3.71. The third-order valence-electron chi connectivity index (χ3n) is 7.06.